The highest BCUT2D eigenvalue weighted by atomic mass is 35.5. The van der Waals surface area contributed by atoms with Crippen LogP contribution in [0.5, 0.6) is 0 Å². The van der Waals surface area contributed by atoms with Gasteiger partial charge in [0.25, 0.3) is 0 Å². The average molecular weight is 350 g/mol. The topological polar surface area (TPSA) is 63.2 Å². The third-order valence-electron chi connectivity index (χ3n) is 3.83. The highest BCUT2D eigenvalue weighted by Crippen LogP contribution is 2.24. The van der Waals surface area contributed by atoms with Crippen LogP contribution in [0.25, 0.3) is 0 Å². The molecule has 0 spiro atoms. The summed E-state index contributed by atoms with van der Waals surface area (Å²) in [5.41, 5.74) is 0. The summed E-state index contributed by atoms with van der Waals surface area (Å²) >= 11 is 7.04. The molecule has 21 heavy (non-hydrogen) atoms. The van der Waals surface area contributed by atoms with E-state index < -0.39 is 15.1 Å². The number of thiophene rings is 1. The zero-order chi connectivity index (χ0) is 15.5. The van der Waals surface area contributed by atoms with Gasteiger partial charge in [0.05, 0.1) is 10.1 Å². The molecular weight excluding hydrogens is 330 g/mol. The first-order chi connectivity index (χ1) is 9.88. The molecule has 118 valence electrons. The predicted molar refractivity (Wildman–Crippen MR) is 86.4 cm³/mol. The second-order valence-electron chi connectivity index (χ2n) is 5.50. The minimum absolute atomic E-state index is 0.125. The number of hydrogen-bond acceptors (Lipinski definition) is 4. The van der Waals surface area contributed by atoms with Gasteiger partial charge in [-0.25, -0.2) is 8.42 Å². The SMILES string of the molecule is CC(C(=O)NC1CCCCC1)S(=O)(=O)Cc1ccc(Cl)s1. The van der Waals surface area contributed by atoms with Crippen molar-refractivity contribution < 1.29 is 13.2 Å². The molecule has 1 unspecified atom stereocenters. The average Bonchev–Trinajstić information content (AvgIpc) is 2.83. The molecule has 1 heterocycles. The third kappa shape index (κ3) is 4.69. The molecule has 1 aliphatic carbocycles. The number of rotatable bonds is 5. The van der Waals surface area contributed by atoms with E-state index in [2.05, 4.69) is 5.32 Å². The maximum atomic E-state index is 12.3. The first-order valence-electron chi connectivity index (χ1n) is 7.14. The van der Waals surface area contributed by atoms with Crippen molar-refractivity contribution in [3.63, 3.8) is 0 Å². The molecule has 1 atom stereocenters. The van der Waals surface area contributed by atoms with E-state index in [1.807, 2.05) is 0 Å². The van der Waals surface area contributed by atoms with E-state index >= 15 is 0 Å². The van der Waals surface area contributed by atoms with Gasteiger partial charge in [0.15, 0.2) is 9.84 Å². The lowest BCUT2D eigenvalue weighted by molar-refractivity contribution is -0.121. The van der Waals surface area contributed by atoms with Gasteiger partial charge in [-0.15, -0.1) is 11.3 Å². The van der Waals surface area contributed by atoms with Crippen molar-refractivity contribution >= 4 is 38.7 Å². The van der Waals surface area contributed by atoms with Gasteiger partial charge < -0.3 is 5.32 Å². The van der Waals surface area contributed by atoms with Crippen molar-refractivity contribution in [2.75, 3.05) is 0 Å². The Bertz CT molecular complexity index is 591. The molecule has 0 saturated heterocycles. The minimum Gasteiger partial charge on any atom is -0.352 e. The fourth-order valence-corrected chi connectivity index (χ4v) is 5.23. The van der Waals surface area contributed by atoms with Crippen LogP contribution in [0.4, 0.5) is 0 Å². The van der Waals surface area contributed by atoms with Crippen LogP contribution in [-0.2, 0) is 20.4 Å². The third-order valence-corrected chi connectivity index (χ3v) is 7.25. The largest absolute Gasteiger partial charge is 0.352 e. The Kier molecular flexibility index (Phi) is 5.68. The highest BCUT2D eigenvalue weighted by molar-refractivity contribution is 7.92. The lowest BCUT2D eigenvalue weighted by Gasteiger charge is -2.24. The molecule has 1 N–H and O–H groups in total. The molecule has 1 aliphatic rings. The quantitative estimate of drug-likeness (QED) is 0.888. The summed E-state index contributed by atoms with van der Waals surface area (Å²) in [5.74, 6) is -0.520. The molecule has 1 aromatic heterocycles. The Balaban J connectivity index is 1.96. The Hall–Kier alpha value is -0.590. The summed E-state index contributed by atoms with van der Waals surface area (Å²) in [6.07, 6.45) is 5.27. The zero-order valence-electron chi connectivity index (χ0n) is 12.0. The van der Waals surface area contributed by atoms with Crippen LogP contribution in [-0.4, -0.2) is 25.6 Å². The molecule has 1 saturated carbocycles. The van der Waals surface area contributed by atoms with Gasteiger partial charge >= 0.3 is 0 Å². The van der Waals surface area contributed by atoms with Crippen molar-refractivity contribution in [1.82, 2.24) is 5.32 Å². The van der Waals surface area contributed by atoms with Crippen LogP contribution in [0.1, 0.15) is 43.9 Å². The Morgan fingerprint density at radius 1 is 1.38 bits per heavy atom. The molecule has 0 bridgehead atoms. The number of carbonyl (C=O) groups excluding carboxylic acids is 1. The smallest absolute Gasteiger partial charge is 0.238 e. The maximum Gasteiger partial charge on any atom is 0.238 e. The number of hydrogen-bond donors (Lipinski definition) is 1. The van der Waals surface area contributed by atoms with Gasteiger partial charge in [0.2, 0.25) is 5.91 Å². The number of amides is 1. The van der Waals surface area contributed by atoms with Crippen molar-refractivity contribution in [1.29, 1.82) is 0 Å². The molecule has 2 rings (SSSR count). The van der Waals surface area contributed by atoms with Gasteiger partial charge in [0, 0.05) is 10.9 Å². The lowest BCUT2D eigenvalue weighted by Crippen LogP contribution is -2.44. The lowest BCUT2D eigenvalue weighted by atomic mass is 9.95. The summed E-state index contributed by atoms with van der Waals surface area (Å²) in [5, 5.41) is 1.85. The van der Waals surface area contributed by atoms with Crippen LogP contribution in [0.15, 0.2) is 12.1 Å². The molecule has 1 amide bonds. The molecule has 1 fully saturated rings. The molecule has 1 aromatic rings. The molecular formula is C14H20ClNO3S2. The van der Waals surface area contributed by atoms with Gasteiger partial charge in [-0.05, 0) is 31.9 Å². The van der Waals surface area contributed by atoms with Crippen LogP contribution in [0.3, 0.4) is 0 Å². The molecule has 7 heteroatoms. The maximum absolute atomic E-state index is 12.3. The molecule has 4 nitrogen and oxygen atoms in total. The van der Waals surface area contributed by atoms with Crippen molar-refractivity contribution in [3.05, 3.63) is 21.3 Å². The standard InChI is InChI=1S/C14H20ClNO3S2/c1-10(14(17)16-11-5-3-2-4-6-11)21(18,19)9-12-7-8-13(15)20-12/h7-8,10-11H,2-6,9H2,1H3,(H,16,17). The van der Waals surface area contributed by atoms with E-state index in [9.17, 15) is 13.2 Å². The Labute approximate surface area is 134 Å². The van der Waals surface area contributed by atoms with E-state index in [1.54, 1.807) is 12.1 Å². The zero-order valence-corrected chi connectivity index (χ0v) is 14.4. The number of halogens is 1. The Morgan fingerprint density at radius 3 is 2.62 bits per heavy atom. The van der Waals surface area contributed by atoms with Crippen LogP contribution < -0.4 is 5.32 Å². The summed E-state index contributed by atoms with van der Waals surface area (Å²) < 4.78 is 25.1. The van der Waals surface area contributed by atoms with Gasteiger partial charge in [-0.1, -0.05) is 30.9 Å². The monoisotopic (exact) mass is 349 g/mol. The van der Waals surface area contributed by atoms with Crippen molar-refractivity contribution in [2.45, 2.75) is 56.1 Å². The van der Waals surface area contributed by atoms with Crippen LogP contribution in [0.2, 0.25) is 4.34 Å². The number of carbonyl (C=O) groups is 1. The number of sulfone groups is 1. The van der Waals surface area contributed by atoms with Gasteiger partial charge in [-0.3, -0.25) is 4.79 Å². The van der Waals surface area contributed by atoms with Crippen LogP contribution in [0, 0.1) is 0 Å². The Morgan fingerprint density at radius 2 is 2.05 bits per heavy atom. The highest BCUT2D eigenvalue weighted by Gasteiger charge is 2.30. The summed E-state index contributed by atoms with van der Waals surface area (Å²) in [6.45, 7) is 1.46. The van der Waals surface area contributed by atoms with Gasteiger partial charge in [0.1, 0.15) is 5.25 Å². The fraction of sp³-hybridized carbons (Fsp3) is 0.643. The van der Waals surface area contributed by atoms with E-state index in [-0.39, 0.29) is 17.7 Å². The van der Waals surface area contributed by atoms with Crippen molar-refractivity contribution in [3.8, 4) is 0 Å². The van der Waals surface area contributed by atoms with E-state index in [1.165, 1.54) is 24.7 Å². The van der Waals surface area contributed by atoms with Crippen molar-refractivity contribution in [2.24, 2.45) is 0 Å². The first-order valence-corrected chi connectivity index (χ1v) is 10.1. The van der Waals surface area contributed by atoms with E-state index in [0.717, 1.165) is 25.7 Å². The first kappa shape index (κ1) is 16.8. The molecule has 0 aromatic carbocycles. The normalized spacial score (nSPS) is 18.4. The molecule has 0 aliphatic heterocycles. The van der Waals surface area contributed by atoms with E-state index in [4.69, 9.17) is 11.6 Å². The summed E-state index contributed by atoms with van der Waals surface area (Å²) in [6, 6.07) is 3.49. The minimum atomic E-state index is -3.51. The summed E-state index contributed by atoms with van der Waals surface area (Å²) in [7, 11) is -3.51. The van der Waals surface area contributed by atoms with Gasteiger partial charge in [-0.2, -0.15) is 0 Å². The summed E-state index contributed by atoms with van der Waals surface area (Å²) in [4.78, 5) is 12.8. The van der Waals surface area contributed by atoms with E-state index in [0.29, 0.717) is 9.21 Å². The predicted octanol–water partition coefficient (Wildman–Crippen LogP) is 3.15. The number of nitrogens with one attached hydrogen (secondary N) is 1. The van der Waals surface area contributed by atoms with Crippen LogP contribution >= 0.6 is 22.9 Å². The fourth-order valence-electron chi connectivity index (χ4n) is 2.48. The second-order valence-corrected chi connectivity index (χ2v) is 9.62. The molecule has 0 radical (unpaired) electrons. The second kappa shape index (κ2) is 7.11.